The van der Waals surface area contributed by atoms with Crippen molar-refractivity contribution in [2.24, 2.45) is 0 Å². The number of nitro benzene ring substituents is 1. The van der Waals surface area contributed by atoms with Gasteiger partial charge in [0, 0.05) is 24.0 Å². The summed E-state index contributed by atoms with van der Waals surface area (Å²) in [5.41, 5.74) is -3.00. The Morgan fingerprint density at radius 1 is 1.07 bits per heavy atom. The van der Waals surface area contributed by atoms with Crippen molar-refractivity contribution in [1.29, 1.82) is 0 Å². The van der Waals surface area contributed by atoms with Gasteiger partial charge < -0.3 is 15.0 Å². The Morgan fingerprint density at radius 2 is 1.79 bits per heavy atom. The van der Waals surface area contributed by atoms with E-state index < -0.39 is 16.6 Å². The minimum atomic E-state index is -4.76. The van der Waals surface area contributed by atoms with Gasteiger partial charge in [0.15, 0.2) is 5.54 Å². The van der Waals surface area contributed by atoms with E-state index in [1.54, 1.807) is 6.07 Å². The van der Waals surface area contributed by atoms with Crippen LogP contribution in [0, 0.1) is 10.1 Å². The van der Waals surface area contributed by atoms with E-state index in [2.05, 4.69) is 10.3 Å². The van der Waals surface area contributed by atoms with Gasteiger partial charge in [-0.1, -0.05) is 12.1 Å². The van der Waals surface area contributed by atoms with E-state index in [1.165, 1.54) is 55.8 Å². The van der Waals surface area contributed by atoms with Crippen LogP contribution in [0.3, 0.4) is 0 Å². The van der Waals surface area contributed by atoms with E-state index in [-0.39, 0.29) is 28.4 Å². The third kappa shape index (κ3) is 3.38. The molecule has 0 amide bonds. The zero-order valence-corrected chi connectivity index (χ0v) is 14.7. The highest BCUT2D eigenvalue weighted by Gasteiger charge is 2.58. The number of halogens is 3. The lowest BCUT2D eigenvalue weighted by Crippen LogP contribution is -2.50. The summed E-state index contributed by atoms with van der Waals surface area (Å²) in [5.74, 6) is 0.267. The Kier molecular flexibility index (Phi) is 5.00. The van der Waals surface area contributed by atoms with Crippen molar-refractivity contribution in [3.63, 3.8) is 0 Å². The van der Waals surface area contributed by atoms with Gasteiger partial charge in [-0.25, -0.2) is 0 Å². The second-order valence-corrected chi connectivity index (χ2v) is 5.99. The van der Waals surface area contributed by atoms with Crippen molar-refractivity contribution in [1.82, 2.24) is 4.98 Å². The summed E-state index contributed by atoms with van der Waals surface area (Å²) in [5, 5.41) is 13.4. The van der Waals surface area contributed by atoms with E-state index in [0.717, 1.165) is 12.1 Å². The fourth-order valence-electron chi connectivity index (χ4n) is 2.99. The van der Waals surface area contributed by atoms with Gasteiger partial charge in [0.25, 0.3) is 5.69 Å². The molecule has 3 rings (SSSR count). The second-order valence-electron chi connectivity index (χ2n) is 5.99. The topological polar surface area (TPSA) is 80.2 Å². The maximum atomic E-state index is 14.5. The number of rotatable bonds is 6. The number of hydrogen-bond donors (Lipinski definition) is 2. The summed E-state index contributed by atoms with van der Waals surface area (Å²) in [6.45, 7) is 0. The van der Waals surface area contributed by atoms with Gasteiger partial charge in [0.1, 0.15) is 5.75 Å². The number of methoxy groups -OCH3 is 1. The number of aromatic nitrogens is 1. The summed E-state index contributed by atoms with van der Waals surface area (Å²) in [4.78, 5) is 12.8. The van der Waals surface area contributed by atoms with Crippen molar-refractivity contribution in [2.75, 3.05) is 12.4 Å². The SMILES string of the molecule is COc1cccc(C(Nc2ccc([N+](=O)[O-])cc2)(c2ccc[nH]2)C(F)(F)F)c1. The first-order valence-electron chi connectivity index (χ1n) is 8.15. The molecule has 0 radical (unpaired) electrons. The number of anilines is 1. The summed E-state index contributed by atoms with van der Waals surface area (Å²) >= 11 is 0. The van der Waals surface area contributed by atoms with E-state index in [9.17, 15) is 23.3 Å². The summed E-state index contributed by atoms with van der Waals surface area (Å²) in [6, 6.07) is 13.2. The summed E-state index contributed by atoms with van der Waals surface area (Å²) in [6.07, 6.45) is -3.36. The number of benzene rings is 2. The molecule has 1 heterocycles. The number of nitrogens with zero attached hydrogens (tertiary/aromatic N) is 1. The van der Waals surface area contributed by atoms with Crippen LogP contribution in [-0.4, -0.2) is 23.2 Å². The number of alkyl halides is 3. The molecule has 6 nitrogen and oxygen atoms in total. The Bertz CT molecular complexity index is 957. The van der Waals surface area contributed by atoms with Crippen LogP contribution in [0.4, 0.5) is 24.5 Å². The molecule has 9 heteroatoms. The van der Waals surface area contributed by atoms with E-state index in [1.807, 2.05) is 0 Å². The normalized spacial score (nSPS) is 13.6. The number of aromatic amines is 1. The lowest BCUT2D eigenvalue weighted by atomic mass is 9.85. The Labute approximate surface area is 158 Å². The number of nitro groups is 1. The zero-order valence-electron chi connectivity index (χ0n) is 14.7. The third-order valence-electron chi connectivity index (χ3n) is 4.34. The second kappa shape index (κ2) is 7.26. The highest BCUT2D eigenvalue weighted by molar-refractivity contribution is 5.56. The molecular formula is C19H16F3N3O3. The fraction of sp³-hybridized carbons (Fsp3) is 0.158. The lowest BCUT2D eigenvalue weighted by Gasteiger charge is -2.37. The first-order chi connectivity index (χ1) is 13.3. The summed E-state index contributed by atoms with van der Waals surface area (Å²) < 4.78 is 48.7. The fourth-order valence-corrected chi connectivity index (χ4v) is 2.99. The van der Waals surface area contributed by atoms with Gasteiger partial charge in [-0.15, -0.1) is 0 Å². The number of H-pyrrole nitrogens is 1. The molecule has 28 heavy (non-hydrogen) atoms. The number of ether oxygens (including phenoxy) is 1. The maximum absolute atomic E-state index is 14.5. The van der Waals surface area contributed by atoms with Crippen LogP contribution in [-0.2, 0) is 5.54 Å². The largest absolute Gasteiger partial charge is 0.497 e. The van der Waals surface area contributed by atoms with E-state index >= 15 is 0 Å². The third-order valence-corrected chi connectivity index (χ3v) is 4.34. The quantitative estimate of drug-likeness (QED) is 0.465. The van der Waals surface area contributed by atoms with Gasteiger partial charge in [0.2, 0.25) is 0 Å². The van der Waals surface area contributed by atoms with Crippen LogP contribution < -0.4 is 10.1 Å². The first-order valence-corrected chi connectivity index (χ1v) is 8.15. The minimum Gasteiger partial charge on any atom is -0.497 e. The van der Waals surface area contributed by atoms with Crippen molar-refractivity contribution < 1.29 is 22.8 Å². The minimum absolute atomic E-state index is 0.0698. The molecule has 0 fully saturated rings. The average Bonchev–Trinajstić information content (AvgIpc) is 3.20. The van der Waals surface area contributed by atoms with Crippen LogP contribution in [0.2, 0.25) is 0 Å². The molecule has 0 saturated carbocycles. The van der Waals surface area contributed by atoms with Gasteiger partial charge in [0.05, 0.1) is 17.7 Å². The molecule has 2 aromatic carbocycles. The van der Waals surface area contributed by atoms with Crippen LogP contribution in [0.1, 0.15) is 11.3 Å². The highest BCUT2D eigenvalue weighted by atomic mass is 19.4. The standard InChI is InChI=1S/C19H16F3N3O3/c1-28-16-5-2-4-13(12-16)18(19(20,21)22,17-6-3-11-23-17)24-14-7-9-15(10-8-14)25(26)27/h2-12,23-24H,1H3. The zero-order chi connectivity index (χ0) is 20.4. The molecule has 0 saturated heterocycles. The Balaban J connectivity index is 2.19. The van der Waals surface area contributed by atoms with E-state index in [0.29, 0.717) is 0 Å². The first kappa shape index (κ1) is 19.3. The molecule has 1 atom stereocenters. The number of hydrogen-bond acceptors (Lipinski definition) is 4. The molecule has 0 aliphatic heterocycles. The van der Waals surface area contributed by atoms with Crippen LogP contribution in [0.25, 0.3) is 0 Å². The molecule has 0 aliphatic rings. The summed E-state index contributed by atoms with van der Waals surface area (Å²) in [7, 11) is 1.37. The number of non-ortho nitro benzene ring substituents is 1. The van der Waals surface area contributed by atoms with Crippen LogP contribution in [0.15, 0.2) is 66.9 Å². The predicted molar refractivity (Wildman–Crippen MR) is 97.3 cm³/mol. The van der Waals surface area contributed by atoms with Crippen LogP contribution in [0.5, 0.6) is 5.75 Å². The molecule has 2 N–H and O–H groups in total. The van der Waals surface area contributed by atoms with Gasteiger partial charge >= 0.3 is 6.18 Å². The van der Waals surface area contributed by atoms with Crippen molar-refractivity contribution in [3.05, 3.63) is 88.2 Å². The highest BCUT2D eigenvalue weighted by Crippen LogP contribution is 2.46. The molecule has 1 unspecified atom stereocenters. The maximum Gasteiger partial charge on any atom is 0.421 e. The molecule has 0 spiro atoms. The van der Waals surface area contributed by atoms with Crippen molar-refractivity contribution in [2.45, 2.75) is 11.7 Å². The molecule has 0 aliphatic carbocycles. The average molecular weight is 391 g/mol. The van der Waals surface area contributed by atoms with Crippen LogP contribution >= 0.6 is 0 Å². The molecule has 3 aromatic rings. The number of nitrogens with one attached hydrogen (secondary N) is 2. The van der Waals surface area contributed by atoms with Gasteiger partial charge in [-0.2, -0.15) is 13.2 Å². The Morgan fingerprint density at radius 3 is 2.32 bits per heavy atom. The van der Waals surface area contributed by atoms with Gasteiger partial charge in [-0.3, -0.25) is 10.1 Å². The van der Waals surface area contributed by atoms with Crippen molar-refractivity contribution >= 4 is 11.4 Å². The predicted octanol–water partition coefficient (Wildman–Crippen LogP) is 4.85. The van der Waals surface area contributed by atoms with Gasteiger partial charge in [-0.05, 0) is 42.0 Å². The molecule has 0 bridgehead atoms. The van der Waals surface area contributed by atoms with Crippen molar-refractivity contribution in [3.8, 4) is 5.75 Å². The lowest BCUT2D eigenvalue weighted by molar-refractivity contribution is -0.384. The Hall–Kier alpha value is -3.49. The molecular weight excluding hydrogens is 375 g/mol. The molecule has 1 aromatic heterocycles. The molecule has 146 valence electrons. The smallest absolute Gasteiger partial charge is 0.421 e. The van der Waals surface area contributed by atoms with E-state index in [4.69, 9.17) is 4.74 Å². The monoisotopic (exact) mass is 391 g/mol.